The summed E-state index contributed by atoms with van der Waals surface area (Å²) in [5.74, 6) is -0.248. The van der Waals surface area contributed by atoms with Gasteiger partial charge < -0.3 is 4.74 Å². The minimum Gasteiger partial charge on any atom is -0.459 e. The van der Waals surface area contributed by atoms with Crippen LogP contribution in [-0.2, 0) is 16.0 Å². The standard InChI is InChI=1S/C20H30O2/c1-4-12-19(22-20(21)17(2)3)16-11-6-5-8-13-18-14-9-7-10-15-18/h7,9-10,14-15,19H,2,4-6,8,11-13,16H2,1,3H3. The maximum absolute atomic E-state index is 11.6. The first kappa shape index (κ1) is 18.5. The molecule has 0 fully saturated rings. The highest BCUT2D eigenvalue weighted by Crippen LogP contribution is 2.15. The zero-order valence-corrected chi connectivity index (χ0v) is 14.1. The number of hydrogen-bond acceptors (Lipinski definition) is 2. The molecule has 0 amide bonds. The highest BCUT2D eigenvalue weighted by atomic mass is 16.5. The lowest BCUT2D eigenvalue weighted by molar-refractivity contribution is -0.144. The van der Waals surface area contributed by atoms with E-state index in [4.69, 9.17) is 4.74 Å². The van der Waals surface area contributed by atoms with Gasteiger partial charge in [-0.15, -0.1) is 0 Å². The summed E-state index contributed by atoms with van der Waals surface area (Å²) < 4.78 is 5.49. The van der Waals surface area contributed by atoms with Gasteiger partial charge in [0.15, 0.2) is 0 Å². The SMILES string of the molecule is C=C(C)C(=O)OC(CCC)CCCCCCc1ccccc1. The number of aryl methyl sites for hydroxylation is 1. The highest BCUT2D eigenvalue weighted by molar-refractivity contribution is 5.87. The molecule has 0 aromatic heterocycles. The van der Waals surface area contributed by atoms with Crippen molar-refractivity contribution in [3.8, 4) is 0 Å². The van der Waals surface area contributed by atoms with Crippen LogP contribution in [0, 0.1) is 0 Å². The molecule has 1 rings (SSSR count). The number of carbonyl (C=O) groups is 1. The third-order valence-corrected chi connectivity index (χ3v) is 3.82. The van der Waals surface area contributed by atoms with Gasteiger partial charge >= 0.3 is 5.97 Å². The summed E-state index contributed by atoms with van der Waals surface area (Å²) in [4.78, 5) is 11.6. The number of unbranched alkanes of at least 4 members (excludes halogenated alkanes) is 3. The number of ether oxygens (including phenoxy) is 1. The number of benzene rings is 1. The third kappa shape index (κ3) is 8.02. The van der Waals surface area contributed by atoms with E-state index in [1.165, 1.54) is 24.8 Å². The second kappa shape index (κ2) is 11.1. The van der Waals surface area contributed by atoms with Gasteiger partial charge in [-0.05, 0) is 44.6 Å². The molecule has 0 bridgehead atoms. The first-order chi connectivity index (χ1) is 10.6. The molecule has 1 aromatic carbocycles. The summed E-state index contributed by atoms with van der Waals surface area (Å²) in [5.41, 5.74) is 1.91. The van der Waals surface area contributed by atoms with E-state index >= 15 is 0 Å². The lowest BCUT2D eigenvalue weighted by Gasteiger charge is -2.17. The van der Waals surface area contributed by atoms with Crippen LogP contribution in [0.25, 0.3) is 0 Å². The third-order valence-electron chi connectivity index (χ3n) is 3.82. The summed E-state index contributed by atoms with van der Waals surface area (Å²) in [5, 5.41) is 0. The van der Waals surface area contributed by atoms with Gasteiger partial charge in [-0.25, -0.2) is 4.79 Å². The van der Waals surface area contributed by atoms with E-state index in [0.29, 0.717) is 5.57 Å². The van der Waals surface area contributed by atoms with Crippen molar-refractivity contribution in [3.05, 3.63) is 48.0 Å². The van der Waals surface area contributed by atoms with Crippen molar-refractivity contribution >= 4 is 5.97 Å². The van der Waals surface area contributed by atoms with Gasteiger partial charge in [-0.3, -0.25) is 0 Å². The smallest absolute Gasteiger partial charge is 0.333 e. The number of hydrogen-bond donors (Lipinski definition) is 0. The monoisotopic (exact) mass is 302 g/mol. The van der Waals surface area contributed by atoms with Crippen LogP contribution in [0.15, 0.2) is 42.5 Å². The number of esters is 1. The Kier molecular flexibility index (Phi) is 9.29. The summed E-state index contributed by atoms with van der Waals surface area (Å²) in [6, 6.07) is 10.6. The van der Waals surface area contributed by atoms with Crippen LogP contribution in [0.5, 0.6) is 0 Å². The summed E-state index contributed by atoms with van der Waals surface area (Å²) in [6.07, 6.45) is 8.98. The van der Waals surface area contributed by atoms with Crippen molar-refractivity contribution in [2.45, 2.75) is 71.3 Å². The van der Waals surface area contributed by atoms with Crippen molar-refractivity contribution in [1.29, 1.82) is 0 Å². The predicted molar refractivity (Wildman–Crippen MR) is 92.8 cm³/mol. The Hall–Kier alpha value is -1.57. The van der Waals surface area contributed by atoms with Gasteiger partial charge in [-0.2, -0.15) is 0 Å². The molecule has 0 saturated carbocycles. The average molecular weight is 302 g/mol. The molecule has 1 atom stereocenters. The maximum Gasteiger partial charge on any atom is 0.333 e. The summed E-state index contributed by atoms with van der Waals surface area (Å²) in [7, 11) is 0. The molecule has 1 unspecified atom stereocenters. The Morgan fingerprint density at radius 2 is 1.77 bits per heavy atom. The molecule has 1 aromatic rings. The molecule has 0 saturated heterocycles. The molecule has 0 radical (unpaired) electrons. The van der Waals surface area contributed by atoms with Crippen molar-refractivity contribution in [1.82, 2.24) is 0 Å². The van der Waals surface area contributed by atoms with Crippen molar-refractivity contribution in [2.75, 3.05) is 0 Å². The molecular formula is C20H30O2. The van der Waals surface area contributed by atoms with E-state index in [9.17, 15) is 4.79 Å². The molecular weight excluding hydrogens is 272 g/mol. The largest absolute Gasteiger partial charge is 0.459 e. The van der Waals surface area contributed by atoms with Crippen molar-refractivity contribution in [2.24, 2.45) is 0 Å². The van der Waals surface area contributed by atoms with Crippen molar-refractivity contribution in [3.63, 3.8) is 0 Å². The first-order valence-corrected chi connectivity index (χ1v) is 8.54. The molecule has 22 heavy (non-hydrogen) atoms. The minimum atomic E-state index is -0.248. The minimum absolute atomic E-state index is 0.0586. The van der Waals surface area contributed by atoms with Gasteiger partial charge in [0, 0.05) is 5.57 Å². The van der Waals surface area contributed by atoms with Gasteiger partial charge in [0.1, 0.15) is 6.10 Å². The zero-order chi connectivity index (χ0) is 16.2. The van der Waals surface area contributed by atoms with Gasteiger partial charge in [0.2, 0.25) is 0 Å². The van der Waals surface area contributed by atoms with E-state index in [1.54, 1.807) is 6.92 Å². The van der Waals surface area contributed by atoms with Crippen LogP contribution < -0.4 is 0 Å². The van der Waals surface area contributed by atoms with E-state index in [-0.39, 0.29) is 12.1 Å². The van der Waals surface area contributed by atoms with Crippen LogP contribution in [0.3, 0.4) is 0 Å². The lowest BCUT2D eigenvalue weighted by Crippen LogP contribution is -2.18. The molecule has 0 aliphatic rings. The highest BCUT2D eigenvalue weighted by Gasteiger charge is 2.13. The van der Waals surface area contributed by atoms with Crippen LogP contribution in [0.1, 0.15) is 64.4 Å². The van der Waals surface area contributed by atoms with Crippen LogP contribution in [-0.4, -0.2) is 12.1 Å². The normalized spacial score (nSPS) is 11.9. The summed E-state index contributed by atoms with van der Waals surface area (Å²) in [6.45, 7) is 7.47. The second-order valence-corrected chi connectivity index (χ2v) is 6.03. The van der Waals surface area contributed by atoms with E-state index in [1.807, 2.05) is 0 Å². The molecule has 2 heteroatoms. The molecule has 0 N–H and O–H groups in total. The molecule has 2 nitrogen and oxygen atoms in total. The molecule has 0 spiro atoms. The molecule has 0 heterocycles. The first-order valence-electron chi connectivity index (χ1n) is 8.54. The maximum atomic E-state index is 11.6. The lowest BCUT2D eigenvalue weighted by atomic mass is 10.0. The Bertz CT molecular complexity index is 436. The van der Waals surface area contributed by atoms with Crippen LogP contribution in [0.2, 0.25) is 0 Å². The second-order valence-electron chi connectivity index (χ2n) is 6.03. The van der Waals surface area contributed by atoms with Gasteiger partial charge in [-0.1, -0.05) is 63.1 Å². The van der Waals surface area contributed by atoms with E-state index < -0.39 is 0 Å². The number of carbonyl (C=O) groups excluding carboxylic acids is 1. The predicted octanol–water partition coefficient (Wildman–Crippen LogP) is 5.47. The summed E-state index contributed by atoms with van der Waals surface area (Å²) >= 11 is 0. The fourth-order valence-electron chi connectivity index (χ4n) is 2.54. The number of rotatable bonds is 11. The molecule has 122 valence electrons. The quantitative estimate of drug-likeness (QED) is 0.308. The van der Waals surface area contributed by atoms with E-state index in [2.05, 4.69) is 43.8 Å². The fourth-order valence-corrected chi connectivity index (χ4v) is 2.54. The molecule has 0 aliphatic carbocycles. The molecule has 0 aliphatic heterocycles. The van der Waals surface area contributed by atoms with Gasteiger partial charge in [0.25, 0.3) is 0 Å². The van der Waals surface area contributed by atoms with Gasteiger partial charge in [0.05, 0.1) is 0 Å². The van der Waals surface area contributed by atoms with Crippen LogP contribution >= 0.6 is 0 Å². The zero-order valence-electron chi connectivity index (χ0n) is 14.1. The Morgan fingerprint density at radius 3 is 2.41 bits per heavy atom. The van der Waals surface area contributed by atoms with Crippen molar-refractivity contribution < 1.29 is 9.53 Å². The Balaban J connectivity index is 2.14. The Morgan fingerprint density at radius 1 is 1.09 bits per heavy atom. The Labute approximate surface area is 135 Å². The topological polar surface area (TPSA) is 26.3 Å². The van der Waals surface area contributed by atoms with Crippen LogP contribution in [0.4, 0.5) is 0 Å². The fraction of sp³-hybridized carbons (Fsp3) is 0.550. The average Bonchev–Trinajstić information content (AvgIpc) is 2.51. The van der Waals surface area contributed by atoms with E-state index in [0.717, 1.165) is 32.1 Å².